The van der Waals surface area contributed by atoms with Crippen molar-refractivity contribution in [2.75, 3.05) is 32.7 Å². The van der Waals surface area contributed by atoms with E-state index in [0.29, 0.717) is 6.17 Å². The predicted octanol–water partition coefficient (Wildman–Crippen LogP) is 0.381. The molecular formula is C10H21N3. The fourth-order valence-corrected chi connectivity index (χ4v) is 2.28. The summed E-state index contributed by atoms with van der Waals surface area (Å²) < 4.78 is 0. The van der Waals surface area contributed by atoms with Crippen molar-refractivity contribution in [2.24, 2.45) is 0 Å². The zero-order valence-corrected chi connectivity index (χ0v) is 8.39. The summed E-state index contributed by atoms with van der Waals surface area (Å²) >= 11 is 0. The highest BCUT2D eigenvalue weighted by molar-refractivity contribution is 4.77. The maximum Gasteiger partial charge on any atom is 0.0725 e. The third-order valence-electron chi connectivity index (χ3n) is 3.08. The number of nitrogens with zero attached hydrogens (tertiary/aromatic N) is 1. The van der Waals surface area contributed by atoms with E-state index >= 15 is 0 Å². The van der Waals surface area contributed by atoms with Gasteiger partial charge in [0.05, 0.1) is 6.17 Å². The van der Waals surface area contributed by atoms with Crippen molar-refractivity contribution < 1.29 is 0 Å². The second kappa shape index (κ2) is 4.94. The summed E-state index contributed by atoms with van der Waals surface area (Å²) in [6.45, 7) is 6.06. The van der Waals surface area contributed by atoms with E-state index in [1.807, 2.05) is 0 Å². The Morgan fingerprint density at radius 2 is 1.77 bits per heavy atom. The summed E-state index contributed by atoms with van der Waals surface area (Å²) in [5.74, 6) is 0. The standard InChI is InChI=1S/C10H21N3/c1-2-7-13(8-3-1)10-9-11-5-4-6-12-10/h10-12H,1-9H2. The second-order valence-corrected chi connectivity index (χ2v) is 4.12. The first-order valence-electron chi connectivity index (χ1n) is 5.65. The van der Waals surface area contributed by atoms with E-state index in [2.05, 4.69) is 15.5 Å². The van der Waals surface area contributed by atoms with Gasteiger partial charge < -0.3 is 10.6 Å². The van der Waals surface area contributed by atoms with Crippen LogP contribution in [0, 0.1) is 0 Å². The van der Waals surface area contributed by atoms with E-state index in [4.69, 9.17) is 0 Å². The topological polar surface area (TPSA) is 27.3 Å². The van der Waals surface area contributed by atoms with Gasteiger partial charge in [0.15, 0.2) is 0 Å². The first-order valence-corrected chi connectivity index (χ1v) is 5.65. The summed E-state index contributed by atoms with van der Waals surface area (Å²) in [5, 5.41) is 7.11. The second-order valence-electron chi connectivity index (χ2n) is 4.12. The Morgan fingerprint density at radius 3 is 2.62 bits per heavy atom. The Hall–Kier alpha value is -0.120. The molecule has 3 nitrogen and oxygen atoms in total. The molecule has 0 aliphatic carbocycles. The van der Waals surface area contributed by atoms with Gasteiger partial charge in [0.2, 0.25) is 0 Å². The van der Waals surface area contributed by atoms with Gasteiger partial charge in [-0.15, -0.1) is 0 Å². The van der Waals surface area contributed by atoms with Gasteiger partial charge in [-0.05, 0) is 45.4 Å². The number of piperidine rings is 1. The molecule has 0 bridgehead atoms. The largest absolute Gasteiger partial charge is 0.314 e. The average molecular weight is 183 g/mol. The molecule has 2 aliphatic rings. The van der Waals surface area contributed by atoms with Crippen molar-refractivity contribution in [1.29, 1.82) is 0 Å². The van der Waals surface area contributed by atoms with Gasteiger partial charge in [0.25, 0.3) is 0 Å². The van der Waals surface area contributed by atoms with E-state index in [1.54, 1.807) is 0 Å². The molecule has 0 aromatic rings. The molecule has 13 heavy (non-hydrogen) atoms. The number of hydrogen-bond donors (Lipinski definition) is 2. The van der Waals surface area contributed by atoms with E-state index in [1.165, 1.54) is 51.9 Å². The molecule has 2 heterocycles. The summed E-state index contributed by atoms with van der Waals surface area (Å²) in [6, 6.07) is 0. The molecule has 2 N–H and O–H groups in total. The molecule has 0 aromatic carbocycles. The van der Waals surface area contributed by atoms with Crippen molar-refractivity contribution in [3.8, 4) is 0 Å². The lowest BCUT2D eigenvalue weighted by Gasteiger charge is -2.34. The molecule has 2 rings (SSSR count). The van der Waals surface area contributed by atoms with Gasteiger partial charge in [-0.25, -0.2) is 0 Å². The monoisotopic (exact) mass is 183 g/mol. The van der Waals surface area contributed by atoms with Gasteiger partial charge in [0, 0.05) is 6.54 Å². The molecule has 2 aliphatic heterocycles. The summed E-state index contributed by atoms with van der Waals surface area (Å²) in [5.41, 5.74) is 0. The molecule has 0 spiro atoms. The van der Waals surface area contributed by atoms with E-state index in [0.717, 1.165) is 6.54 Å². The number of nitrogens with one attached hydrogen (secondary N) is 2. The van der Waals surface area contributed by atoms with Crippen molar-refractivity contribution in [1.82, 2.24) is 15.5 Å². The number of hydrogen-bond acceptors (Lipinski definition) is 3. The minimum Gasteiger partial charge on any atom is -0.314 e. The third-order valence-corrected chi connectivity index (χ3v) is 3.08. The first-order chi connectivity index (χ1) is 6.47. The lowest BCUT2D eigenvalue weighted by atomic mass is 10.1. The average Bonchev–Trinajstić information content (AvgIpc) is 2.47. The minimum absolute atomic E-state index is 0.600. The van der Waals surface area contributed by atoms with Crippen LogP contribution in [-0.4, -0.2) is 43.8 Å². The fraction of sp³-hybridized carbons (Fsp3) is 1.00. The molecule has 2 saturated heterocycles. The first kappa shape index (κ1) is 9.44. The summed E-state index contributed by atoms with van der Waals surface area (Å²) in [7, 11) is 0. The van der Waals surface area contributed by atoms with Crippen molar-refractivity contribution in [3.63, 3.8) is 0 Å². The van der Waals surface area contributed by atoms with Crippen molar-refractivity contribution in [3.05, 3.63) is 0 Å². The maximum atomic E-state index is 3.61. The lowest BCUT2D eigenvalue weighted by Crippen LogP contribution is -2.51. The van der Waals surface area contributed by atoms with E-state index < -0.39 is 0 Å². The Balaban J connectivity index is 1.82. The van der Waals surface area contributed by atoms with E-state index in [9.17, 15) is 0 Å². The highest BCUT2D eigenvalue weighted by atomic mass is 15.3. The van der Waals surface area contributed by atoms with Gasteiger partial charge in [-0.1, -0.05) is 6.42 Å². The predicted molar refractivity (Wildman–Crippen MR) is 54.7 cm³/mol. The van der Waals surface area contributed by atoms with Crippen LogP contribution in [0.4, 0.5) is 0 Å². The molecule has 0 radical (unpaired) electrons. The van der Waals surface area contributed by atoms with Crippen LogP contribution in [0.15, 0.2) is 0 Å². The highest BCUT2D eigenvalue weighted by Crippen LogP contribution is 2.11. The van der Waals surface area contributed by atoms with Crippen molar-refractivity contribution in [2.45, 2.75) is 31.8 Å². The summed E-state index contributed by atoms with van der Waals surface area (Å²) in [6.07, 6.45) is 6.07. The Bertz CT molecular complexity index is 135. The van der Waals surface area contributed by atoms with Crippen LogP contribution in [0.1, 0.15) is 25.7 Å². The van der Waals surface area contributed by atoms with Crippen molar-refractivity contribution >= 4 is 0 Å². The van der Waals surface area contributed by atoms with Crippen LogP contribution in [0.3, 0.4) is 0 Å². The fourth-order valence-electron chi connectivity index (χ4n) is 2.28. The minimum atomic E-state index is 0.600. The van der Waals surface area contributed by atoms with Gasteiger partial charge >= 0.3 is 0 Å². The molecule has 0 amide bonds. The van der Waals surface area contributed by atoms with Crippen LogP contribution in [-0.2, 0) is 0 Å². The number of rotatable bonds is 1. The van der Waals surface area contributed by atoms with Gasteiger partial charge in [-0.2, -0.15) is 0 Å². The van der Waals surface area contributed by atoms with E-state index in [-0.39, 0.29) is 0 Å². The number of likely N-dealkylation sites (tertiary alicyclic amines) is 1. The van der Waals surface area contributed by atoms with Gasteiger partial charge in [0.1, 0.15) is 0 Å². The molecule has 76 valence electrons. The Labute approximate surface area is 80.9 Å². The van der Waals surface area contributed by atoms with Crippen LogP contribution < -0.4 is 10.6 Å². The quantitative estimate of drug-likeness (QED) is 0.615. The van der Waals surface area contributed by atoms with Crippen LogP contribution in [0.5, 0.6) is 0 Å². The zero-order chi connectivity index (χ0) is 8.93. The lowest BCUT2D eigenvalue weighted by molar-refractivity contribution is 0.141. The molecular weight excluding hydrogens is 162 g/mol. The Morgan fingerprint density at radius 1 is 0.923 bits per heavy atom. The van der Waals surface area contributed by atoms with Gasteiger partial charge in [-0.3, -0.25) is 4.90 Å². The molecule has 0 saturated carbocycles. The third kappa shape index (κ3) is 2.66. The molecule has 1 unspecified atom stereocenters. The maximum absolute atomic E-state index is 3.61. The summed E-state index contributed by atoms with van der Waals surface area (Å²) in [4.78, 5) is 2.60. The van der Waals surface area contributed by atoms with Crippen LogP contribution in [0.25, 0.3) is 0 Å². The Kier molecular flexibility index (Phi) is 3.58. The smallest absolute Gasteiger partial charge is 0.0725 e. The molecule has 3 heteroatoms. The highest BCUT2D eigenvalue weighted by Gasteiger charge is 2.20. The molecule has 0 aromatic heterocycles. The van der Waals surface area contributed by atoms with Crippen LogP contribution in [0.2, 0.25) is 0 Å². The van der Waals surface area contributed by atoms with Crippen LogP contribution >= 0.6 is 0 Å². The molecule has 1 atom stereocenters. The molecule has 2 fully saturated rings. The normalized spacial score (nSPS) is 32.8. The SMILES string of the molecule is C1CCN(C2CNCCCN2)CC1. The zero-order valence-electron chi connectivity index (χ0n) is 8.39.